The average molecular weight is 562 g/mol. The molecule has 4 aromatic rings. The summed E-state index contributed by atoms with van der Waals surface area (Å²) in [6.45, 7) is -0.0912. The Labute approximate surface area is 235 Å². The molecule has 9 nitrogen and oxygen atoms in total. The number of rotatable bonds is 8. The first-order valence-electron chi connectivity index (χ1n) is 12.0. The summed E-state index contributed by atoms with van der Waals surface area (Å²) in [6, 6.07) is 20.9. The molecule has 198 valence electrons. The minimum Gasteiger partial charge on any atom is -0.478 e. The van der Waals surface area contributed by atoms with Gasteiger partial charge in [-0.15, -0.1) is 0 Å². The number of carbonyl (C=O) groups excluding carboxylic acids is 1. The van der Waals surface area contributed by atoms with Gasteiger partial charge in [0.05, 0.1) is 28.0 Å². The second kappa shape index (κ2) is 11.2. The average Bonchev–Trinajstić information content (AvgIpc) is 3.55. The Bertz CT molecular complexity index is 1540. The van der Waals surface area contributed by atoms with Crippen LogP contribution in [0.2, 0.25) is 5.02 Å². The van der Waals surface area contributed by atoms with Crippen molar-refractivity contribution >= 4 is 52.2 Å². The highest BCUT2D eigenvalue weighted by atomic mass is 35.5. The predicted molar refractivity (Wildman–Crippen MR) is 153 cm³/mol. The number of carbonyl (C=O) groups is 2. The van der Waals surface area contributed by atoms with Crippen LogP contribution in [0.25, 0.3) is 5.69 Å². The number of anilines is 2. The summed E-state index contributed by atoms with van der Waals surface area (Å²) in [4.78, 5) is 30.2. The zero-order valence-electron chi connectivity index (χ0n) is 20.7. The van der Waals surface area contributed by atoms with Gasteiger partial charge in [-0.05, 0) is 72.9 Å². The SMILES string of the molecule is COCC(=O)Nc1ccc(N2C(=S)N[C@@H](c3ccccn3)[C@H]2c2cccn2-c2cccc(C(=O)O)c2)cc1Cl. The molecule has 1 aliphatic rings. The van der Waals surface area contributed by atoms with Crippen molar-refractivity contribution < 1.29 is 19.4 Å². The van der Waals surface area contributed by atoms with Crippen LogP contribution >= 0.6 is 23.8 Å². The number of nitrogens with zero attached hydrogens (tertiary/aromatic N) is 3. The monoisotopic (exact) mass is 561 g/mol. The van der Waals surface area contributed by atoms with Gasteiger partial charge in [0.1, 0.15) is 12.6 Å². The smallest absolute Gasteiger partial charge is 0.335 e. The van der Waals surface area contributed by atoms with Gasteiger partial charge in [0.2, 0.25) is 5.91 Å². The number of aromatic carboxylic acids is 1. The second-order valence-electron chi connectivity index (χ2n) is 8.80. The van der Waals surface area contributed by atoms with Crippen molar-refractivity contribution in [2.75, 3.05) is 23.9 Å². The lowest BCUT2D eigenvalue weighted by molar-refractivity contribution is -0.119. The molecule has 0 aliphatic carbocycles. The number of halogens is 1. The number of amides is 1. The third kappa shape index (κ3) is 5.35. The van der Waals surface area contributed by atoms with Gasteiger partial charge < -0.3 is 29.9 Å². The molecule has 0 saturated carbocycles. The van der Waals surface area contributed by atoms with Crippen LogP contribution in [0.15, 0.2) is 85.2 Å². The number of carboxylic acids is 1. The first-order valence-corrected chi connectivity index (χ1v) is 12.8. The van der Waals surface area contributed by atoms with Crippen molar-refractivity contribution in [3.63, 3.8) is 0 Å². The standard InChI is InChI=1S/C28H24ClN5O4S/c1-38-16-24(35)31-21-11-10-19(15-20(21)29)34-26(25(32-28(34)39)22-8-2-3-12-30-22)23-9-5-13-33(23)18-7-4-6-17(14-18)27(36)37/h2-15,25-26H,16H2,1H3,(H,31,35)(H,32,39)(H,36,37)/t25-,26+/m0/s1. The normalized spacial score (nSPS) is 16.7. The summed E-state index contributed by atoms with van der Waals surface area (Å²) in [6.07, 6.45) is 3.61. The summed E-state index contributed by atoms with van der Waals surface area (Å²) >= 11 is 12.4. The Hall–Kier alpha value is -4.25. The van der Waals surface area contributed by atoms with Crippen molar-refractivity contribution in [3.05, 3.63) is 107 Å². The fourth-order valence-electron chi connectivity index (χ4n) is 4.67. The van der Waals surface area contributed by atoms with Crippen molar-refractivity contribution in [1.82, 2.24) is 14.9 Å². The number of pyridine rings is 1. The van der Waals surface area contributed by atoms with Crippen LogP contribution in [0.3, 0.4) is 0 Å². The maximum absolute atomic E-state index is 12.0. The molecule has 39 heavy (non-hydrogen) atoms. The van der Waals surface area contributed by atoms with E-state index in [1.54, 1.807) is 36.5 Å². The largest absolute Gasteiger partial charge is 0.478 e. The first kappa shape index (κ1) is 26.4. The zero-order valence-corrected chi connectivity index (χ0v) is 22.3. The molecule has 0 spiro atoms. The van der Waals surface area contributed by atoms with Gasteiger partial charge in [-0.3, -0.25) is 9.78 Å². The third-order valence-corrected chi connectivity index (χ3v) is 6.96. The summed E-state index contributed by atoms with van der Waals surface area (Å²) in [5, 5.41) is 16.5. The number of aromatic nitrogens is 2. The molecule has 1 fully saturated rings. The Morgan fingerprint density at radius 2 is 1.95 bits per heavy atom. The lowest BCUT2D eigenvalue weighted by atomic mass is 10.0. The van der Waals surface area contributed by atoms with Gasteiger partial charge >= 0.3 is 5.97 Å². The number of benzene rings is 2. The number of thiocarbonyl (C=S) groups is 1. The minimum atomic E-state index is -1.01. The van der Waals surface area contributed by atoms with Gasteiger partial charge in [-0.25, -0.2) is 4.79 Å². The van der Waals surface area contributed by atoms with E-state index < -0.39 is 5.97 Å². The maximum Gasteiger partial charge on any atom is 0.335 e. The van der Waals surface area contributed by atoms with Crippen LogP contribution in [-0.4, -0.2) is 45.4 Å². The zero-order chi connectivity index (χ0) is 27.5. The topological polar surface area (TPSA) is 109 Å². The molecule has 2 aromatic heterocycles. The van der Waals surface area contributed by atoms with E-state index >= 15 is 0 Å². The van der Waals surface area contributed by atoms with Crippen LogP contribution in [-0.2, 0) is 9.53 Å². The lowest BCUT2D eigenvalue weighted by Crippen LogP contribution is -2.30. The summed E-state index contributed by atoms with van der Waals surface area (Å²) in [7, 11) is 1.44. The number of methoxy groups -OCH3 is 1. The Morgan fingerprint density at radius 1 is 1.10 bits per heavy atom. The number of hydrogen-bond acceptors (Lipinski definition) is 5. The Balaban J connectivity index is 1.60. The van der Waals surface area contributed by atoms with Gasteiger partial charge in [-0.1, -0.05) is 23.7 Å². The Morgan fingerprint density at radius 3 is 2.67 bits per heavy atom. The molecule has 2 atom stereocenters. The predicted octanol–water partition coefficient (Wildman–Crippen LogP) is 4.99. The van der Waals surface area contributed by atoms with Crippen molar-refractivity contribution in [2.45, 2.75) is 12.1 Å². The van der Waals surface area contributed by atoms with E-state index in [0.29, 0.717) is 27.2 Å². The van der Waals surface area contributed by atoms with Gasteiger partial charge in [0.25, 0.3) is 0 Å². The highest BCUT2D eigenvalue weighted by Crippen LogP contribution is 2.43. The quantitative estimate of drug-likeness (QED) is 0.258. The molecule has 1 amide bonds. The molecule has 0 bridgehead atoms. The van der Waals surface area contributed by atoms with E-state index in [-0.39, 0.29) is 30.2 Å². The van der Waals surface area contributed by atoms with Crippen molar-refractivity contribution in [1.29, 1.82) is 0 Å². The molecule has 2 aromatic carbocycles. The Kier molecular flexibility index (Phi) is 7.60. The van der Waals surface area contributed by atoms with Crippen LogP contribution < -0.4 is 15.5 Å². The summed E-state index contributed by atoms with van der Waals surface area (Å²) in [5.74, 6) is -1.32. The molecule has 3 N–H and O–H groups in total. The number of nitrogens with one attached hydrogen (secondary N) is 2. The molecule has 3 heterocycles. The minimum absolute atomic E-state index is 0.0912. The fourth-order valence-corrected chi connectivity index (χ4v) is 5.23. The van der Waals surface area contributed by atoms with Gasteiger partial charge in [-0.2, -0.15) is 0 Å². The van der Waals surface area contributed by atoms with Crippen LogP contribution in [0, 0.1) is 0 Å². The fraction of sp³-hybridized carbons (Fsp3) is 0.143. The molecule has 0 radical (unpaired) electrons. The number of carboxylic acid groups (broad SMARTS) is 1. The van der Waals surface area contributed by atoms with E-state index in [1.807, 2.05) is 58.1 Å². The number of hydrogen-bond donors (Lipinski definition) is 3. The van der Waals surface area contributed by atoms with Gasteiger partial charge in [0.15, 0.2) is 5.11 Å². The second-order valence-corrected chi connectivity index (χ2v) is 9.59. The highest BCUT2D eigenvalue weighted by Gasteiger charge is 2.42. The summed E-state index contributed by atoms with van der Waals surface area (Å²) in [5.41, 5.74) is 3.68. The molecule has 1 saturated heterocycles. The molecular weight excluding hydrogens is 538 g/mol. The molecule has 0 unspecified atom stereocenters. The van der Waals surface area contributed by atoms with Crippen LogP contribution in [0.4, 0.5) is 11.4 Å². The van der Waals surface area contributed by atoms with Crippen molar-refractivity contribution in [3.8, 4) is 5.69 Å². The lowest BCUT2D eigenvalue weighted by Gasteiger charge is -2.29. The first-order chi connectivity index (χ1) is 18.9. The molecule has 11 heteroatoms. The van der Waals surface area contributed by atoms with Crippen LogP contribution in [0.1, 0.15) is 33.8 Å². The van der Waals surface area contributed by atoms with E-state index in [1.165, 1.54) is 7.11 Å². The van der Waals surface area contributed by atoms with E-state index in [2.05, 4.69) is 15.6 Å². The molecule has 1 aliphatic heterocycles. The number of ether oxygens (including phenoxy) is 1. The van der Waals surface area contributed by atoms with E-state index in [0.717, 1.165) is 11.4 Å². The van der Waals surface area contributed by atoms with E-state index in [4.69, 9.17) is 28.6 Å². The molecule has 5 rings (SSSR count). The summed E-state index contributed by atoms with van der Waals surface area (Å²) < 4.78 is 6.82. The van der Waals surface area contributed by atoms with E-state index in [9.17, 15) is 14.7 Å². The van der Waals surface area contributed by atoms with Crippen LogP contribution in [0.5, 0.6) is 0 Å². The third-order valence-electron chi connectivity index (χ3n) is 6.33. The maximum atomic E-state index is 12.0. The molecular formula is C28H24ClN5O4S. The highest BCUT2D eigenvalue weighted by molar-refractivity contribution is 7.80. The van der Waals surface area contributed by atoms with Gasteiger partial charge in [0, 0.05) is 36.6 Å². The van der Waals surface area contributed by atoms with Crippen molar-refractivity contribution in [2.24, 2.45) is 0 Å².